The average Bonchev–Trinajstić information content (AvgIpc) is 3.33. The lowest BCUT2D eigenvalue weighted by Crippen LogP contribution is -2.26. The van der Waals surface area contributed by atoms with Crippen LogP contribution in [0, 0.1) is 11.3 Å². The number of hydrogen-bond donors (Lipinski definition) is 2. The first-order chi connectivity index (χ1) is 15.0. The van der Waals surface area contributed by atoms with Crippen LogP contribution in [0.1, 0.15) is 27.2 Å². The molecule has 1 aliphatic rings. The SMILES string of the molecule is Cn1ncc(-c2ccc3c(=O)[nH]nc(CN)c3c2)c1N1Cc2cccc(C#N)c2C1=O. The number of nitrogens with two attached hydrogens (primary N) is 1. The maximum absolute atomic E-state index is 13.2. The fourth-order valence-electron chi connectivity index (χ4n) is 4.12. The average molecular weight is 411 g/mol. The second-order valence-electron chi connectivity index (χ2n) is 7.31. The Hall–Kier alpha value is -4.29. The second kappa shape index (κ2) is 6.90. The standard InChI is InChI=1S/C22H17N7O2/c1-28-21(29-11-14-4-2-3-13(8-23)19(14)22(29)31)17(10-25-28)12-5-6-15-16(7-12)18(9-24)26-27-20(15)30/h2-7,10H,9,11,24H2,1H3,(H,27,30). The molecule has 3 heterocycles. The molecule has 0 atom stereocenters. The highest BCUT2D eigenvalue weighted by atomic mass is 16.2. The third-order valence-corrected chi connectivity index (χ3v) is 5.59. The van der Waals surface area contributed by atoms with Crippen molar-refractivity contribution in [3.05, 3.63) is 75.3 Å². The third kappa shape index (κ3) is 2.73. The van der Waals surface area contributed by atoms with Crippen LogP contribution in [0.25, 0.3) is 21.9 Å². The molecule has 4 aromatic rings. The van der Waals surface area contributed by atoms with Crippen LogP contribution in [0.5, 0.6) is 0 Å². The zero-order chi connectivity index (χ0) is 21.7. The zero-order valence-corrected chi connectivity index (χ0v) is 16.6. The van der Waals surface area contributed by atoms with Crippen LogP contribution >= 0.6 is 0 Å². The van der Waals surface area contributed by atoms with Crippen LogP contribution in [0.4, 0.5) is 5.82 Å². The monoisotopic (exact) mass is 411 g/mol. The Kier molecular flexibility index (Phi) is 4.16. The van der Waals surface area contributed by atoms with Crippen molar-refractivity contribution >= 4 is 22.5 Å². The molecular weight excluding hydrogens is 394 g/mol. The van der Waals surface area contributed by atoms with Crippen LogP contribution in [-0.2, 0) is 20.1 Å². The quantitative estimate of drug-likeness (QED) is 0.528. The van der Waals surface area contributed by atoms with E-state index in [1.807, 2.05) is 18.2 Å². The number of aromatic nitrogens is 4. The van der Waals surface area contributed by atoms with Crippen molar-refractivity contribution in [3.63, 3.8) is 0 Å². The minimum atomic E-state index is -0.292. The summed E-state index contributed by atoms with van der Waals surface area (Å²) in [6.07, 6.45) is 1.68. The van der Waals surface area contributed by atoms with Crippen molar-refractivity contribution in [2.24, 2.45) is 12.8 Å². The van der Waals surface area contributed by atoms with Crippen molar-refractivity contribution in [3.8, 4) is 17.2 Å². The molecule has 9 nitrogen and oxygen atoms in total. The van der Waals surface area contributed by atoms with Gasteiger partial charge in [-0.25, -0.2) is 5.10 Å². The number of amides is 1. The van der Waals surface area contributed by atoms with Gasteiger partial charge in [-0.15, -0.1) is 0 Å². The number of H-pyrrole nitrogens is 1. The highest BCUT2D eigenvalue weighted by Crippen LogP contribution is 2.37. The molecule has 0 radical (unpaired) electrons. The van der Waals surface area contributed by atoms with E-state index in [0.717, 1.165) is 16.7 Å². The number of nitrogens with zero attached hydrogens (tertiary/aromatic N) is 5. The summed E-state index contributed by atoms with van der Waals surface area (Å²) in [6, 6.07) is 12.7. The van der Waals surface area contributed by atoms with Gasteiger partial charge in [0.1, 0.15) is 5.82 Å². The first kappa shape index (κ1) is 18.7. The molecule has 0 bridgehead atoms. The smallest absolute Gasteiger partial charge is 0.272 e. The normalized spacial score (nSPS) is 12.9. The first-order valence-electron chi connectivity index (χ1n) is 9.61. The summed E-state index contributed by atoms with van der Waals surface area (Å²) in [6.45, 7) is 0.520. The van der Waals surface area contributed by atoms with Gasteiger partial charge < -0.3 is 5.73 Å². The van der Waals surface area contributed by atoms with E-state index in [4.69, 9.17) is 5.73 Å². The summed E-state index contributed by atoms with van der Waals surface area (Å²) in [7, 11) is 1.76. The largest absolute Gasteiger partial charge is 0.325 e. The van der Waals surface area contributed by atoms with Crippen LogP contribution < -0.4 is 16.2 Å². The molecule has 1 aliphatic heterocycles. The van der Waals surface area contributed by atoms with Gasteiger partial charge in [0.05, 0.1) is 41.0 Å². The van der Waals surface area contributed by atoms with Gasteiger partial charge in [-0.05, 0) is 29.3 Å². The van der Waals surface area contributed by atoms with E-state index < -0.39 is 0 Å². The number of nitriles is 1. The molecule has 0 saturated heterocycles. The number of carbonyl (C=O) groups is 1. The minimum Gasteiger partial charge on any atom is -0.325 e. The fourth-order valence-corrected chi connectivity index (χ4v) is 4.12. The van der Waals surface area contributed by atoms with E-state index in [1.54, 1.807) is 41.0 Å². The molecular formula is C22H17N7O2. The summed E-state index contributed by atoms with van der Waals surface area (Å²) in [4.78, 5) is 27.0. The van der Waals surface area contributed by atoms with Gasteiger partial charge in [0.25, 0.3) is 11.5 Å². The number of fused-ring (bicyclic) bond motifs is 2. The molecule has 3 N–H and O–H groups in total. The van der Waals surface area contributed by atoms with Gasteiger partial charge >= 0.3 is 0 Å². The molecule has 1 amide bonds. The lowest BCUT2D eigenvalue weighted by molar-refractivity contribution is 0.0995. The van der Waals surface area contributed by atoms with E-state index in [-0.39, 0.29) is 18.0 Å². The third-order valence-electron chi connectivity index (χ3n) is 5.59. The van der Waals surface area contributed by atoms with E-state index >= 15 is 0 Å². The van der Waals surface area contributed by atoms with Crippen LogP contribution in [-0.4, -0.2) is 25.9 Å². The number of benzene rings is 2. The van der Waals surface area contributed by atoms with Crippen molar-refractivity contribution in [2.75, 3.05) is 4.90 Å². The molecule has 0 saturated carbocycles. The highest BCUT2D eigenvalue weighted by Gasteiger charge is 2.34. The van der Waals surface area contributed by atoms with Crippen LogP contribution in [0.3, 0.4) is 0 Å². The van der Waals surface area contributed by atoms with Gasteiger partial charge in [0, 0.05) is 24.5 Å². The number of rotatable bonds is 3. The topological polar surface area (TPSA) is 134 Å². The fraction of sp³-hybridized carbons (Fsp3) is 0.136. The molecule has 0 spiro atoms. The van der Waals surface area contributed by atoms with Gasteiger partial charge in [0.15, 0.2) is 0 Å². The van der Waals surface area contributed by atoms with Gasteiger partial charge in [0.2, 0.25) is 0 Å². The molecule has 152 valence electrons. The van der Waals surface area contributed by atoms with E-state index in [2.05, 4.69) is 21.4 Å². The maximum atomic E-state index is 13.2. The first-order valence-corrected chi connectivity index (χ1v) is 9.61. The van der Waals surface area contributed by atoms with Crippen molar-refractivity contribution in [1.29, 1.82) is 5.26 Å². The number of anilines is 1. The summed E-state index contributed by atoms with van der Waals surface area (Å²) >= 11 is 0. The Balaban J connectivity index is 1.66. The molecule has 0 unspecified atom stereocenters. The van der Waals surface area contributed by atoms with Crippen LogP contribution in [0.2, 0.25) is 0 Å². The summed E-state index contributed by atoms with van der Waals surface area (Å²) in [5.74, 6) is 0.370. The van der Waals surface area contributed by atoms with E-state index in [0.29, 0.717) is 40.0 Å². The van der Waals surface area contributed by atoms with Crippen molar-refractivity contribution in [1.82, 2.24) is 20.0 Å². The molecule has 31 heavy (non-hydrogen) atoms. The molecule has 2 aromatic heterocycles. The van der Waals surface area contributed by atoms with Gasteiger partial charge in [-0.3, -0.25) is 19.2 Å². The molecule has 5 rings (SSSR count). The Morgan fingerprint density at radius 3 is 2.84 bits per heavy atom. The number of aryl methyl sites for hydroxylation is 1. The Labute approximate surface area is 176 Å². The van der Waals surface area contributed by atoms with Gasteiger partial charge in [-0.2, -0.15) is 15.5 Å². The number of aromatic amines is 1. The van der Waals surface area contributed by atoms with Crippen LogP contribution in [0.15, 0.2) is 47.4 Å². The van der Waals surface area contributed by atoms with E-state index in [1.165, 1.54) is 0 Å². The molecule has 9 heteroatoms. The number of hydrogen-bond acceptors (Lipinski definition) is 6. The summed E-state index contributed by atoms with van der Waals surface area (Å²) in [5.41, 5.74) is 9.18. The van der Waals surface area contributed by atoms with Crippen molar-refractivity contribution in [2.45, 2.75) is 13.1 Å². The lowest BCUT2D eigenvalue weighted by Gasteiger charge is -2.18. The molecule has 2 aromatic carbocycles. The van der Waals surface area contributed by atoms with Gasteiger partial charge in [-0.1, -0.05) is 18.2 Å². The Bertz CT molecular complexity index is 1480. The minimum absolute atomic E-state index is 0.174. The highest BCUT2D eigenvalue weighted by molar-refractivity contribution is 6.12. The summed E-state index contributed by atoms with van der Waals surface area (Å²) < 4.78 is 1.63. The maximum Gasteiger partial charge on any atom is 0.272 e. The van der Waals surface area contributed by atoms with E-state index in [9.17, 15) is 14.9 Å². The molecule has 0 aliphatic carbocycles. The lowest BCUT2D eigenvalue weighted by atomic mass is 10.0. The second-order valence-corrected chi connectivity index (χ2v) is 7.31. The number of nitrogens with one attached hydrogen (secondary N) is 1. The Morgan fingerprint density at radius 2 is 2.06 bits per heavy atom. The Morgan fingerprint density at radius 1 is 1.23 bits per heavy atom. The molecule has 0 fully saturated rings. The van der Waals surface area contributed by atoms with Crippen molar-refractivity contribution < 1.29 is 4.79 Å². The summed E-state index contributed by atoms with van der Waals surface area (Å²) in [5, 5.41) is 21.4. The predicted octanol–water partition coefficient (Wildman–Crippen LogP) is 1.81. The number of carbonyl (C=O) groups excluding carboxylic acids is 1. The predicted molar refractivity (Wildman–Crippen MR) is 114 cm³/mol. The zero-order valence-electron chi connectivity index (χ0n) is 16.6.